The summed E-state index contributed by atoms with van der Waals surface area (Å²) in [7, 11) is 0. The SMILES string of the molecule is [Br-].[Mg+2].c1ccc(-c2c[n-]c3ccccc23)cc1. The van der Waals surface area contributed by atoms with Gasteiger partial charge in [-0.1, -0.05) is 54.6 Å². The van der Waals surface area contributed by atoms with Gasteiger partial charge in [0.15, 0.2) is 0 Å². The predicted molar refractivity (Wildman–Crippen MR) is 68.5 cm³/mol. The van der Waals surface area contributed by atoms with Crippen LogP contribution in [0.2, 0.25) is 0 Å². The molecule has 0 saturated carbocycles. The fourth-order valence-electron chi connectivity index (χ4n) is 1.87. The van der Waals surface area contributed by atoms with Gasteiger partial charge in [0.2, 0.25) is 0 Å². The van der Waals surface area contributed by atoms with Crippen molar-refractivity contribution in [2.24, 2.45) is 0 Å². The molecule has 3 heteroatoms. The minimum absolute atomic E-state index is 0. The van der Waals surface area contributed by atoms with Gasteiger partial charge in [-0.25, -0.2) is 0 Å². The number of hydrogen-bond acceptors (Lipinski definition) is 0. The van der Waals surface area contributed by atoms with E-state index in [0.717, 1.165) is 5.52 Å². The Balaban J connectivity index is 0.000000722. The largest absolute Gasteiger partial charge is 2.00 e. The normalized spacial score (nSPS) is 9.41. The smallest absolute Gasteiger partial charge is 1.00 e. The predicted octanol–water partition coefficient (Wildman–Crippen LogP) is 0.0872. The van der Waals surface area contributed by atoms with Gasteiger partial charge in [-0.3, -0.25) is 0 Å². The first-order chi connectivity index (χ1) is 7.45. The summed E-state index contributed by atoms with van der Waals surface area (Å²) in [5.41, 5.74) is 3.51. The quantitative estimate of drug-likeness (QED) is 0.581. The third-order valence-electron chi connectivity index (χ3n) is 2.61. The molecular weight excluding hydrogens is 286 g/mol. The van der Waals surface area contributed by atoms with Crippen LogP contribution in [0.5, 0.6) is 0 Å². The van der Waals surface area contributed by atoms with Crippen LogP contribution < -0.4 is 22.0 Å². The standard InChI is InChI=1S/C14H10N.BrH.Mg/c1-2-6-11(7-3-1)13-10-15-14-9-5-4-8-12(13)14;;/h1-10H;1H;/q-1;;+2/p-1. The Labute approximate surface area is 127 Å². The van der Waals surface area contributed by atoms with Crippen molar-refractivity contribution in [3.63, 3.8) is 0 Å². The molecule has 0 fully saturated rings. The Hall–Kier alpha value is -0.774. The van der Waals surface area contributed by atoms with E-state index in [4.69, 9.17) is 0 Å². The van der Waals surface area contributed by atoms with E-state index in [2.05, 4.69) is 41.4 Å². The van der Waals surface area contributed by atoms with Crippen LogP contribution in [0.3, 0.4) is 0 Å². The third kappa shape index (κ3) is 2.73. The van der Waals surface area contributed by atoms with Crippen molar-refractivity contribution < 1.29 is 17.0 Å². The Morgan fingerprint density at radius 3 is 2.18 bits per heavy atom. The Kier molecular flexibility index (Phi) is 5.24. The second-order valence-corrected chi connectivity index (χ2v) is 3.56. The van der Waals surface area contributed by atoms with Gasteiger partial charge in [0, 0.05) is 0 Å². The number of halogens is 1. The fraction of sp³-hybridized carbons (Fsp3) is 0. The summed E-state index contributed by atoms with van der Waals surface area (Å²) >= 11 is 0. The van der Waals surface area contributed by atoms with Crippen LogP contribution in [-0.4, -0.2) is 23.1 Å². The second kappa shape index (κ2) is 6.24. The van der Waals surface area contributed by atoms with E-state index in [1.165, 1.54) is 16.5 Å². The average Bonchev–Trinajstić information content (AvgIpc) is 2.74. The van der Waals surface area contributed by atoms with Crippen molar-refractivity contribution in [2.75, 3.05) is 0 Å². The molecule has 0 aliphatic carbocycles. The Morgan fingerprint density at radius 2 is 1.41 bits per heavy atom. The number of benzene rings is 2. The number of nitrogens with zero attached hydrogens (tertiary/aromatic N) is 1. The van der Waals surface area contributed by atoms with E-state index in [1.54, 1.807) is 0 Å². The number of aromatic nitrogens is 1. The molecule has 0 radical (unpaired) electrons. The van der Waals surface area contributed by atoms with Crippen LogP contribution in [0.4, 0.5) is 0 Å². The van der Waals surface area contributed by atoms with E-state index < -0.39 is 0 Å². The molecule has 3 rings (SSSR count). The molecule has 80 valence electrons. The van der Waals surface area contributed by atoms with Gasteiger partial charge in [-0.2, -0.15) is 6.20 Å². The van der Waals surface area contributed by atoms with Crippen molar-refractivity contribution in [3.05, 3.63) is 60.8 Å². The summed E-state index contributed by atoms with van der Waals surface area (Å²) in [6.07, 6.45) is 1.94. The summed E-state index contributed by atoms with van der Waals surface area (Å²) in [6, 6.07) is 18.6. The molecular formula is C14H10BrMgN. The van der Waals surface area contributed by atoms with Gasteiger partial charge >= 0.3 is 23.1 Å². The zero-order valence-corrected chi connectivity index (χ0v) is 12.3. The average molecular weight is 296 g/mol. The van der Waals surface area contributed by atoms with Crippen LogP contribution in [0, 0.1) is 0 Å². The minimum atomic E-state index is 0. The molecule has 17 heavy (non-hydrogen) atoms. The van der Waals surface area contributed by atoms with Crippen molar-refractivity contribution in [1.82, 2.24) is 4.98 Å². The van der Waals surface area contributed by atoms with E-state index in [-0.39, 0.29) is 40.0 Å². The molecule has 0 spiro atoms. The maximum absolute atomic E-state index is 4.40. The monoisotopic (exact) mass is 295 g/mol. The molecule has 0 aliphatic heterocycles. The molecule has 0 amide bonds. The molecule has 1 nitrogen and oxygen atoms in total. The fourth-order valence-corrected chi connectivity index (χ4v) is 1.87. The van der Waals surface area contributed by atoms with Crippen LogP contribution in [0.15, 0.2) is 60.8 Å². The van der Waals surface area contributed by atoms with Gasteiger partial charge < -0.3 is 22.0 Å². The molecule has 0 unspecified atom stereocenters. The Bertz CT molecular complexity index is 589. The van der Waals surface area contributed by atoms with Crippen molar-refractivity contribution in [2.45, 2.75) is 0 Å². The molecule has 0 bridgehead atoms. The molecule has 1 heterocycles. The summed E-state index contributed by atoms with van der Waals surface area (Å²) in [5.74, 6) is 0. The van der Waals surface area contributed by atoms with E-state index in [0.29, 0.717) is 0 Å². The minimum Gasteiger partial charge on any atom is -1.00 e. The van der Waals surface area contributed by atoms with Gasteiger partial charge in [-0.05, 0) is 16.5 Å². The molecule has 1 aromatic heterocycles. The zero-order valence-electron chi connectivity index (χ0n) is 9.31. The van der Waals surface area contributed by atoms with E-state index in [1.807, 2.05) is 24.4 Å². The topological polar surface area (TPSA) is 14.1 Å². The van der Waals surface area contributed by atoms with Gasteiger partial charge in [-0.15, -0.1) is 5.52 Å². The van der Waals surface area contributed by atoms with Crippen LogP contribution in [-0.2, 0) is 0 Å². The first-order valence-corrected chi connectivity index (χ1v) is 5.01. The zero-order chi connectivity index (χ0) is 10.1. The van der Waals surface area contributed by atoms with Crippen LogP contribution >= 0.6 is 0 Å². The molecule has 0 N–H and O–H groups in total. The summed E-state index contributed by atoms with van der Waals surface area (Å²) in [4.78, 5) is 4.40. The second-order valence-electron chi connectivity index (χ2n) is 3.56. The summed E-state index contributed by atoms with van der Waals surface area (Å²) in [6.45, 7) is 0. The van der Waals surface area contributed by atoms with Crippen molar-refractivity contribution in [1.29, 1.82) is 0 Å². The summed E-state index contributed by atoms with van der Waals surface area (Å²) < 4.78 is 0. The number of fused-ring (bicyclic) bond motifs is 1. The van der Waals surface area contributed by atoms with Gasteiger partial charge in [0.1, 0.15) is 0 Å². The van der Waals surface area contributed by atoms with Crippen molar-refractivity contribution >= 4 is 34.0 Å². The molecule has 0 saturated heterocycles. The third-order valence-corrected chi connectivity index (χ3v) is 2.61. The molecule has 0 atom stereocenters. The van der Waals surface area contributed by atoms with Gasteiger partial charge in [0.25, 0.3) is 0 Å². The van der Waals surface area contributed by atoms with E-state index >= 15 is 0 Å². The van der Waals surface area contributed by atoms with Crippen LogP contribution in [0.25, 0.3) is 22.0 Å². The van der Waals surface area contributed by atoms with Gasteiger partial charge in [0.05, 0.1) is 0 Å². The molecule has 0 aliphatic rings. The first-order valence-electron chi connectivity index (χ1n) is 5.01. The maximum Gasteiger partial charge on any atom is 2.00 e. The summed E-state index contributed by atoms with van der Waals surface area (Å²) in [5, 5.41) is 1.23. The van der Waals surface area contributed by atoms with Crippen LogP contribution in [0.1, 0.15) is 0 Å². The number of hydrogen-bond donors (Lipinski definition) is 0. The first kappa shape index (κ1) is 14.3. The maximum atomic E-state index is 4.40. The molecule has 2 aromatic carbocycles. The van der Waals surface area contributed by atoms with E-state index in [9.17, 15) is 0 Å². The molecule has 3 aromatic rings. The number of rotatable bonds is 1. The number of para-hydroxylation sites is 1. The van der Waals surface area contributed by atoms with Crippen molar-refractivity contribution in [3.8, 4) is 11.1 Å². The Morgan fingerprint density at radius 1 is 0.765 bits per heavy atom.